The van der Waals surface area contributed by atoms with Crippen LogP contribution in [0.15, 0.2) is 12.1 Å². The average Bonchev–Trinajstić information content (AvgIpc) is 3.22. The molecule has 3 rings (SSSR count). The van der Waals surface area contributed by atoms with Crippen molar-refractivity contribution < 1.29 is 13.9 Å². The van der Waals surface area contributed by atoms with Crippen LogP contribution in [0.3, 0.4) is 0 Å². The van der Waals surface area contributed by atoms with Gasteiger partial charge < -0.3 is 15.3 Å². The second kappa shape index (κ2) is 5.66. The number of hydrogen-bond donors (Lipinski definition) is 2. The van der Waals surface area contributed by atoms with Crippen LogP contribution in [0.5, 0.6) is 0 Å². The van der Waals surface area contributed by atoms with Crippen LogP contribution in [0.4, 0.5) is 14.5 Å². The normalized spacial score (nSPS) is 20.4. The van der Waals surface area contributed by atoms with Gasteiger partial charge in [0.25, 0.3) is 0 Å². The summed E-state index contributed by atoms with van der Waals surface area (Å²) in [5.74, 6) is -1.01. The zero-order valence-electron chi connectivity index (χ0n) is 11.4. The Hall–Kier alpha value is -1.20. The first-order chi connectivity index (χ1) is 9.63. The quantitative estimate of drug-likeness (QED) is 0.888. The second-order valence-electron chi connectivity index (χ2n) is 5.78. The summed E-state index contributed by atoms with van der Waals surface area (Å²) < 4.78 is 28.3. The summed E-state index contributed by atoms with van der Waals surface area (Å²) in [6, 6.07) is 3.35. The number of aliphatic hydroxyl groups is 1. The van der Waals surface area contributed by atoms with E-state index in [1.165, 1.54) is 12.1 Å². The highest BCUT2D eigenvalue weighted by atomic mass is 19.1. The average molecular weight is 282 g/mol. The molecule has 20 heavy (non-hydrogen) atoms. The maximum Gasteiger partial charge on any atom is 0.149 e. The molecule has 0 atom stereocenters. The summed E-state index contributed by atoms with van der Waals surface area (Å²) in [6.07, 6.45) is 3.07. The highest BCUT2D eigenvalue weighted by Gasteiger charge is 2.24. The first kappa shape index (κ1) is 13.8. The van der Waals surface area contributed by atoms with Gasteiger partial charge in [0, 0.05) is 25.7 Å². The van der Waals surface area contributed by atoms with E-state index >= 15 is 0 Å². The number of halogens is 2. The lowest BCUT2D eigenvalue weighted by Gasteiger charge is -2.32. The molecule has 1 saturated carbocycles. The van der Waals surface area contributed by atoms with Crippen LogP contribution in [-0.4, -0.2) is 30.3 Å². The van der Waals surface area contributed by atoms with Crippen molar-refractivity contribution in [3.05, 3.63) is 29.3 Å². The predicted octanol–water partition coefficient (Wildman–Crippen LogP) is 2.18. The fourth-order valence-corrected chi connectivity index (χ4v) is 2.66. The van der Waals surface area contributed by atoms with Crippen LogP contribution in [0.25, 0.3) is 0 Å². The van der Waals surface area contributed by atoms with Gasteiger partial charge in [-0.15, -0.1) is 0 Å². The minimum atomic E-state index is -0.506. The highest BCUT2D eigenvalue weighted by Crippen LogP contribution is 2.28. The first-order valence-corrected chi connectivity index (χ1v) is 7.28. The zero-order valence-corrected chi connectivity index (χ0v) is 11.4. The molecule has 0 radical (unpaired) electrons. The molecule has 0 amide bonds. The van der Waals surface area contributed by atoms with Crippen LogP contribution in [0.2, 0.25) is 0 Å². The van der Waals surface area contributed by atoms with E-state index in [1.807, 2.05) is 0 Å². The monoisotopic (exact) mass is 282 g/mol. The summed E-state index contributed by atoms with van der Waals surface area (Å²) in [7, 11) is 0. The van der Waals surface area contributed by atoms with Crippen molar-refractivity contribution in [3.8, 4) is 0 Å². The Morgan fingerprint density at radius 1 is 1.10 bits per heavy atom. The fraction of sp³-hybridized carbons (Fsp3) is 0.600. The molecule has 2 N–H and O–H groups in total. The van der Waals surface area contributed by atoms with E-state index < -0.39 is 11.6 Å². The van der Waals surface area contributed by atoms with Crippen molar-refractivity contribution >= 4 is 5.69 Å². The fourth-order valence-electron chi connectivity index (χ4n) is 2.66. The summed E-state index contributed by atoms with van der Waals surface area (Å²) in [5.41, 5.74) is 0.694. The topological polar surface area (TPSA) is 35.5 Å². The van der Waals surface area contributed by atoms with Crippen molar-refractivity contribution in [2.75, 3.05) is 18.0 Å². The Kier molecular flexibility index (Phi) is 3.89. The van der Waals surface area contributed by atoms with Crippen molar-refractivity contribution in [2.45, 2.75) is 44.4 Å². The van der Waals surface area contributed by atoms with Crippen LogP contribution in [0, 0.1) is 11.6 Å². The van der Waals surface area contributed by atoms with Gasteiger partial charge >= 0.3 is 0 Å². The molecule has 0 spiro atoms. The van der Waals surface area contributed by atoms with Crippen molar-refractivity contribution in [2.24, 2.45) is 0 Å². The zero-order chi connectivity index (χ0) is 14.1. The SMILES string of the molecule is OC1CCN(c2c(F)cc(CNC3CC3)cc2F)CC1. The molecular weight excluding hydrogens is 262 g/mol. The van der Waals surface area contributed by atoms with Gasteiger partial charge in [-0.2, -0.15) is 0 Å². The van der Waals surface area contributed by atoms with Gasteiger partial charge in [0.15, 0.2) is 0 Å². The molecule has 0 bridgehead atoms. The van der Waals surface area contributed by atoms with Gasteiger partial charge in [0.2, 0.25) is 0 Å². The molecule has 0 aromatic heterocycles. The van der Waals surface area contributed by atoms with E-state index in [0.29, 0.717) is 44.1 Å². The highest BCUT2D eigenvalue weighted by molar-refractivity contribution is 5.51. The molecule has 1 aromatic rings. The maximum absolute atomic E-state index is 14.2. The van der Waals surface area contributed by atoms with Gasteiger partial charge in [-0.3, -0.25) is 0 Å². The minimum Gasteiger partial charge on any atom is -0.393 e. The van der Waals surface area contributed by atoms with Crippen LogP contribution >= 0.6 is 0 Å². The van der Waals surface area contributed by atoms with E-state index in [4.69, 9.17) is 0 Å². The van der Waals surface area contributed by atoms with Gasteiger partial charge in [-0.1, -0.05) is 0 Å². The molecule has 0 unspecified atom stereocenters. The van der Waals surface area contributed by atoms with Gasteiger partial charge in [-0.25, -0.2) is 8.78 Å². The molecule has 3 nitrogen and oxygen atoms in total. The molecule has 1 heterocycles. The Bertz CT molecular complexity index is 460. The molecule has 2 fully saturated rings. The van der Waals surface area contributed by atoms with Crippen LogP contribution in [-0.2, 0) is 6.54 Å². The standard InChI is InChI=1S/C15H20F2N2O/c16-13-7-10(9-18-11-1-2-11)8-14(17)15(13)19-5-3-12(20)4-6-19/h7-8,11-12,18,20H,1-6,9H2. The summed E-state index contributed by atoms with van der Waals surface area (Å²) in [5, 5.41) is 12.7. The molecule has 1 aromatic carbocycles. The smallest absolute Gasteiger partial charge is 0.149 e. The lowest BCUT2D eigenvalue weighted by Crippen LogP contribution is -2.37. The number of nitrogens with zero attached hydrogens (tertiary/aromatic N) is 1. The van der Waals surface area contributed by atoms with E-state index in [9.17, 15) is 13.9 Å². The number of piperidine rings is 1. The predicted molar refractivity (Wildman–Crippen MR) is 73.7 cm³/mol. The molecule has 2 aliphatic rings. The van der Waals surface area contributed by atoms with Crippen LogP contribution in [0.1, 0.15) is 31.2 Å². The number of nitrogens with one attached hydrogen (secondary N) is 1. The van der Waals surface area contributed by atoms with E-state index in [2.05, 4.69) is 5.32 Å². The lowest BCUT2D eigenvalue weighted by molar-refractivity contribution is 0.145. The van der Waals surface area contributed by atoms with E-state index in [1.54, 1.807) is 4.90 Å². The number of benzene rings is 1. The summed E-state index contributed by atoms with van der Waals surface area (Å²) in [6.45, 7) is 1.50. The lowest BCUT2D eigenvalue weighted by atomic mass is 10.1. The van der Waals surface area contributed by atoms with Gasteiger partial charge in [0.1, 0.15) is 17.3 Å². The van der Waals surface area contributed by atoms with E-state index in [-0.39, 0.29) is 11.8 Å². The third kappa shape index (κ3) is 3.10. The summed E-state index contributed by atoms with van der Waals surface area (Å²) >= 11 is 0. The Balaban J connectivity index is 1.73. The minimum absolute atomic E-state index is 0.0482. The van der Waals surface area contributed by atoms with Gasteiger partial charge in [-0.05, 0) is 43.4 Å². The second-order valence-corrected chi connectivity index (χ2v) is 5.78. The Labute approximate surface area is 117 Å². The number of rotatable bonds is 4. The molecule has 5 heteroatoms. The van der Waals surface area contributed by atoms with Crippen LogP contribution < -0.4 is 10.2 Å². The molecule has 1 aliphatic carbocycles. The van der Waals surface area contributed by atoms with Gasteiger partial charge in [0.05, 0.1) is 6.10 Å². The molecule has 1 saturated heterocycles. The molecule has 110 valence electrons. The molecule has 1 aliphatic heterocycles. The third-order valence-corrected chi connectivity index (χ3v) is 4.03. The number of hydrogen-bond acceptors (Lipinski definition) is 3. The number of aliphatic hydroxyl groups excluding tert-OH is 1. The van der Waals surface area contributed by atoms with Crippen molar-refractivity contribution in [1.29, 1.82) is 0 Å². The van der Waals surface area contributed by atoms with E-state index in [0.717, 1.165) is 12.8 Å². The molecular formula is C15H20F2N2O. The number of anilines is 1. The van der Waals surface area contributed by atoms with Crippen molar-refractivity contribution in [1.82, 2.24) is 5.32 Å². The largest absolute Gasteiger partial charge is 0.393 e. The van der Waals surface area contributed by atoms with Crippen molar-refractivity contribution in [3.63, 3.8) is 0 Å². The summed E-state index contributed by atoms with van der Waals surface area (Å²) in [4.78, 5) is 1.69. The first-order valence-electron chi connectivity index (χ1n) is 7.28. The maximum atomic E-state index is 14.2. The third-order valence-electron chi connectivity index (χ3n) is 4.03. The Morgan fingerprint density at radius 2 is 1.70 bits per heavy atom. The Morgan fingerprint density at radius 3 is 2.25 bits per heavy atom.